The Labute approximate surface area is 196 Å². The number of anilines is 1. The summed E-state index contributed by atoms with van der Waals surface area (Å²) in [5, 5.41) is 27.1. The first-order valence-electron chi connectivity index (χ1n) is 11.1. The van der Waals surface area contributed by atoms with Crippen LogP contribution in [0.5, 0.6) is 0 Å². The normalized spacial score (nSPS) is 30.6. The van der Waals surface area contributed by atoms with Gasteiger partial charge in [0.1, 0.15) is 0 Å². The van der Waals surface area contributed by atoms with Gasteiger partial charge in [-0.2, -0.15) is 0 Å². The highest BCUT2D eigenvalue weighted by molar-refractivity contribution is 7.15. The van der Waals surface area contributed by atoms with Gasteiger partial charge >= 0.3 is 0 Å². The van der Waals surface area contributed by atoms with Gasteiger partial charge in [0.15, 0.2) is 10.9 Å². The number of carbonyl (C=O) groups is 2. The van der Waals surface area contributed by atoms with E-state index in [9.17, 15) is 19.8 Å². The number of aliphatic hydroxyl groups excluding tert-OH is 2. The molecule has 0 saturated heterocycles. The minimum absolute atomic E-state index is 0.0641. The van der Waals surface area contributed by atoms with Crippen LogP contribution in [0.15, 0.2) is 22.8 Å². The van der Waals surface area contributed by atoms with Crippen LogP contribution in [0.25, 0.3) is 0 Å². The summed E-state index contributed by atoms with van der Waals surface area (Å²) in [5.41, 5.74) is -0.283. The quantitative estimate of drug-likeness (QED) is 0.480. The van der Waals surface area contributed by atoms with Gasteiger partial charge in [-0.3, -0.25) is 14.9 Å². The van der Waals surface area contributed by atoms with E-state index in [1.807, 2.05) is 6.92 Å². The van der Waals surface area contributed by atoms with Crippen molar-refractivity contribution >= 4 is 28.3 Å². The Bertz CT molecular complexity index is 1070. The average molecular weight is 472 g/mol. The van der Waals surface area contributed by atoms with Crippen molar-refractivity contribution in [3.05, 3.63) is 34.7 Å². The number of aliphatic hydroxyl groups is 2. The molecule has 0 spiro atoms. The molecule has 2 aliphatic carbocycles. The maximum atomic E-state index is 12.7. The lowest BCUT2D eigenvalue weighted by Gasteiger charge is -2.58. The number of hydrogen-bond donors (Lipinski definition) is 4. The molecule has 1 saturated carbocycles. The molecule has 4 rings (SSSR count). The number of fused-ring (bicyclic) bond motifs is 2. The molecular weight excluding hydrogens is 442 g/mol. The summed E-state index contributed by atoms with van der Waals surface area (Å²) in [7, 11) is 0. The zero-order chi connectivity index (χ0) is 23.8. The lowest BCUT2D eigenvalue weighted by molar-refractivity contribution is -0.144. The predicted octanol–water partition coefficient (Wildman–Crippen LogP) is 2.54. The third kappa shape index (κ3) is 4.07. The third-order valence-corrected chi connectivity index (χ3v) is 8.65. The van der Waals surface area contributed by atoms with Gasteiger partial charge in [0.2, 0.25) is 5.91 Å². The number of hydrogen-bond acceptors (Lipinski definition) is 7. The molecule has 5 atom stereocenters. The Balaban J connectivity index is 1.71. The number of nitrogens with zero attached hydrogens (tertiary/aromatic N) is 1. The molecule has 2 aliphatic rings. The number of rotatable bonds is 6. The topological polar surface area (TPSA) is 125 Å². The van der Waals surface area contributed by atoms with Crippen molar-refractivity contribution in [3.63, 3.8) is 0 Å². The second kappa shape index (κ2) is 8.93. The Hall–Kier alpha value is -2.67. The maximum Gasteiger partial charge on any atom is 0.293 e. The van der Waals surface area contributed by atoms with Crippen LogP contribution in [0, 0.1) is 29.1 Å². The largest absolute Gasteiger partial charge is 0.459 e. The molecule has 9 heteroatoms. The Morgan fingerprint density at radius 2 is 2.21 bits per heavy atom. The van der Waals surface area contributed by atoms with Gasteiger partial charge in [-0.15, -0.1) is 17.8 Å². The van der Waals surface area contributed by atoms with Gasteiger partial charge < -0.3 is 19.9 Å². The minimum atomic E-state index is -0.709. The van der Waals surface area contributed by atoms with Gasteiger partial charge in [-0.25, -0.2) is 4.98 Å². The number of terminal acetylenes is 1. The second-order valence-corrected chi connectivity index (χ2v) is 10.6. The van der Waals surface area contributed by atoms with E-state index in [-0.39, 0.29) is 48.5 Å². The molecule has 0 unspecified atom stereocenters. The molecule has 0 aliphatic heterocycles. The highest BCUT2D eigenvalue weighted by Gasteiger charge is 2.59. The fourth-order valence-electron chi connectivity index (χ4n) is 5.67. The molecule has 2 amide bonds. The zero-order valence-electron chi connectivity index (χ0n) is 18.8. The van der Waals surface area contributed by atoms with Gasteiger partial charge in [0, 0.05) is 22.6 Å². The van der Waals surface area contributed by atoms with E-state index in [1.54, 1.807) is 12.1 Å². The van der Waals surface area contributed by atoms with Gasteiger partial charge in [0.25, 0.3) is 5.91 Å². The summed E-state index contributed by atoms with van der Waals surface area (Å²) in [6, 6.07) is 3.21. The molecule has 33 heavy (non-hydrogen) atoms. The Morgan fingerprint density at radius 3 is 2.88 bits per heavy atom. The van der Waals surface area contributed by atoms with Crippen LogP contribution in [0.1, 0.15) is 60.2 Å². The summed E-state index contributed by atoms with van der Waals surface area (Å²) in [6.07, 6.45) is 8.13. The average Bonchev–Trinajstić information content (AvgIpc) is 3.46. The Morgan fingerprint density at radius 1 is 1.42 bits per heavy atom. The van der Waals surface area contributed by atoms with Crippen molar-refractivity contribution in [1.29, 1.82) is 0 Å². The van der Waals surface area contributed by atoms with E-state index in [2.05, 4.69) is 23.5 Å². The molecule has 4 N–H and O–H groups in total. The molecule has 2 heterocycles. The molecule has 176 valence electrons. The van der Waals surface area contributed by atoms with Crippen molar-refractivity contribution < 1.29 is 24.2 Å². The van der Waals surface area contributed by atoms with E-state index < -0.39 is 17.4 Å². The van der Waals surface area contributed by atoms with Crippen LogP contribution in [0.3, 0.4) is 0 Å². The first kappa shape index (κ1) is 23.5. The van der Waals surface area contributed by atoms with Crippen LogP contribution in [0.4, 0.5) is 5.13 Å². The number of nitrogens with one attached hydrogen (secondary N) is 2. The third-order valence-electron chi connectivity index (χ3n) is 7.64. The van der Waals surface area contributed by atoms with Crippen LogP contribution < -0.4 is 10.6 Å². The monoisotopic (exact) mass is 471 g/mol. The van der Waals surface area contributed by atoms with E-state index >= 15 is 0 Å². The Kier molecular flexibility index (Phi) is 6.36. The number of furan rings is 1. The van der Waals surface area contributed by atoms with Crippen molar-refractivity contribution in [2.45, 2.75) is 51.6 Å². The number of aromatic nitrogens is 1. The van der Waals surface area contributed by atoms with Crippen molar-refractivity contribution in [1.82, 2.24) is 10.3 Å². The molecule has 2 aromatic rings. The van der Waals surface area contributed by atoms with Gasteiger partial charge in [-0.1, -0.05) is 19.8 Å². The second-order valence-electron chi connectivity index (χ2n) is 9.48. The fraction of sp³-hybridized carbons (Fsp3) is 0.542. The number of amides is 2. The summed E-state index contributed by atoms with van der Waals surface area (Å²) in [4.78, 5) is 30.9. The van der Waals surface area contributed by atoms with E-state index in [4.69, 9.17) is 15.8 Å². The minimum Gasteiger partial charge on any atom is -0.459 e. The van der Waals surface area contributed by atoms with E-state index in [0.717, 1.165) is 10.6 Å². The number of thiazole rings is 1. The van der Waals surface area contributed by atoms with Gasteiger partial charge in [-0.05, 0) is 42.7 Å². The molecule has 0 bridgehead atoms. The molecule has 2 aromatic heterocycles. The van der Waals surface area contributed by atoms with Crippen molar-refractivity contribution in [3.8, 4) is 12.3 Å². The lowest BCUT2D eigenvalue weighted by atomic mass is 9.47. The zero-order valence-corrected chi connectivity index (χ0v) is 19.6. The summed E-state index contributed by atoms with van der Waals surface area (Å²) in [6.45, 7) is 4.04. The van der Waals surface area contributed by atoms with Crippen molar-refractivity contribution in [2.75, 3.05) is 18.5 Å². The van der Waals surface area contributed by atoms with Gasteiger partial charge in [0.05, 0.1) is 31.2 Å². The summed E-state index contributed by atoms with van der Waals surface area (Å²) in [5.74, 6) is 1.73. The fourth-order valence-corrected chi connectivity index (χ4v) is 6.74. The molecule has 8 nitrogen and oxygen atoms in total. The van der Waals surface area contributed by atoms with Crippen LogP contribution in [-0.4, -0.2) is 46.3 Å². The SMILES string of the molecule is C#CCNC(=O)C[C@@H]1c2nc(NC(=O)c3ccco3)sc2C[C@@H]2[C@](C)(CO)[C@H](O)CC[C@]21C. The lowest BCUT2D eigenvalue weighted by Crippen LogP contribution is -2.57. The summed E-state index contributed by atoms with van der Waals surface area (Å²) >= 11 is 1.36. The highest BCUT2D eigenvalue weighted by Crippen LogP contribution is 2.62. The summed E-state index contributed by atoms with van der Waals surface area (Å²) < 4.78 is 5.17. The highest BCUT2D eigenvalue weighted by atomic mass is 32.1. The molecule has 0 aromatic carbocycles. The van der Waals surface area contributed by atoms with Crippen LogP contribution in [0.2, 0.25) is 0 Å². The molecule has 0 radical (unpaired) electrons. The first-order chi connectivity index (χ1) is 15.7. The first-order valence-corrected chi connectivity index (χ1v) is 11.9. The predicted molar refractivity (Wildman–Crippen MR) is 124 cm³/mol. The van der Waals surface area contributed by atoms with E-state index in [0.29, 0.717) is 24.4 Å². The standard InChI is InChI=1S/C24H29N3O5S/c1-4-9-25-19(30)11-14-20-16(33-22(26-20)27-21(31)15-6-5-10-32-15)12-17-23(14,2)8-7-18(29)24(17,3)13-28/h1,5-6,10,14,17-18,28-29H,7-9,11-13H2,2-3H3,(H,25,30)(H,26,27,31)/t14-,17+,18-,23+,24+/m1/s1. The maximum absolute atomic E-state index is 12.7. The molecular formula is C24H29N3O5S. The van der Waals surface area contributed by atoms with Crippen LogP contribution in [-0.2, 0) is 11.2 Å². The smallest absolute Gasteiger partial charge is 0.293 e. The number of carbonyl (C=O) groups excluding carboxylic acids is 2. The molecule has 1 fully saturated rings. The van der Waals surface area contributed by atoms with Crippen molar-refractivity contribution in [2.24, 2.45) is 16.7 Å². The van der Waals surface area contributed by atoms with Crippen LogP contribution >= 0.6 is 11.3 Å². The van der Waals surface area contributed by atoms with E-state index in [1.165, 1.54) is 17.6 Å².